The number of carboxylic acid groups (broad SMARTS) is 1. The van der Waals surface area contributed by atoms with Crippen LogP contribution in [0.2, 0.25) is 0 Å². The first-order valence-corrected chi connectivity index (χ1v) is 8.12. The van der Waals surface area contributed by atoms with Gasteiger partial charge in [-0.05, 0) is 43.0 Å². The molecule has 3 nitrogen and oxygen atoms in total. The Morgan fingerprint density at radius 1 is 1.04 bits per heavy atom. The first-order chi connectivity index (χ1) is 11.1. The van der Waals surface area contributed by atoms with Crippen LogP contribution in [0.3, 0.4) is 0 Å². The van der Waals surface area contributed by atoms with Gasteiger partial charge in [-0.15, -0.1) is 0 Å². The summed E-state index contributed by atoms with van der Waals surface area (Å²) in [7, 11) is 0. The van der Waals surface area contributed by atoms with E-state index in [0.717, 1.165) is 17.5 Å². The first kappa shape index (κ1) is 17.1. The van der Waals surface area contributed by atoms with Gasteiger partial charge in [0.15, 0.2) is 6.10 Å². The summed E-state index contributed by atoms with van der Waals surface area (Å²) in [6, 6.07) is 15.6. The van der Waals surface area contributed by atoms with Crippen molar-refractivity contribution in [3.8, 4) is 5.75 Å². The molecule has 0 aromatic heterocycles. The van der Waals surface area contributed by atoms with Crippen LogP contribution in [0.4, 0.5) is 0 Å². The van der Waals surface area contributed by atoms with E-state index in [1.807, 2.05) is 31.2 Å². The van der Waals surface area contributed by atoms with E-state index >= 15 is 0 Å². The van der Waals surface area contributed by atoms with E-state index in [9.17, 15) is 9.90 Å². The van der Waals surface area contributed by atoms with Crippen molar-refractivity contribution in [3.63, 3.8) is 0 Å². The molecule has 3 heteroatoms. The molecule has 0 saturated heterocycles. The molecule has 23 heavy (non-hydrogen) atoms. The van der Waals surface area contributed by atoms with Gasteiger partial charge in [0.2, 0.25) is 0 Å². The maximum absolute atomic E-state index is 11.5. The molecule has 2 rings (SSSR count). The molecule has 2 aromatic rings. The second kappa shape index (κ2) is 8.37. The van der Waals surface area contributed by atoms with Gasteiger partial charge >= 0.3 is 5.97 Å². The lowest BCUT2D eigenvalue weighted by molar-refractivity contribution is -0.145. The Hall–Kier alpha value is -2.29. The summed E-state index contributed by atoms with van der Waals surface area (Å²) >= 11 is 0. The van der Waals surface area contributed by atoms with Crippen LogP contribution in [-0.2, 0) is 17.6 Å². The van der Waals surface area contributed by atoms with E-state index in [1.54, 1.807) is 12.1 Å². The molecule has 0 fully saturated rings. The number of rotatable bonds is 8. The summed E-state index contributed by atoms with van der Waals surface area (Å²) in [6.07, 6.45) is 2.90. The average Bonchev–Trinajstić information content (AvgIpc) is 2.55. The predicted molar refractivity (Wildman–Crippen MR) is 92.0 cm³/mol. The van der Waals surface area contributed by atoms with Gasteiger partial charge < -0.3 is 9.84 Å². The van der Waals surface area contributed by atoms with E-state index in [0.29, 0.717) is 12.2 Å². The zero-order chi connectivity index (χ0) is 16.7. The Labute approximate surface area is 137 Å². The Balaban J connectivity index is 2.01. The number of aliphatic carboxylic acids is 1. The number of unbranched alkanes of at least 4 members (excludes halogenated alkanes) is 1. The molecule has 0 radical (unpaired) electrons. The van der Waals surface area contributed by atoms with Gasteiger partial charge in [-0.25, -0.2) is 4.79 Å². The molecule has 1 atom stereocenters. The molecule has 0 aliphatic carbocycles. The normalized spacial score (nSPS) is 11.9. The van der Waals surface area contributed by atoms with Crippen molar-refractivity contribution in [3.05, 3.63) is 65.2 Å². The van der Waals surface area contributed by atoms with Crippen LogP contribution in [0.1, 0.15) is 36.5 Å². The fourth-order valence-electron chi connectivity index (χ4n) is 2.40. The maximum Gasteiger partial charge on any atom is 0.345 e. The van der Waals surface area contributed by atoms with Crippen LogP contribution in [0.15, 0.2) is 48.5 Å². The van der Waals surface area contributed by atoms with E-state index in [2.05, 4.69) is 19.1 Å². The van der Waals surface area contributed by atoms with Gasteiger partial charge in [0, 0.05) is 6.42 Å². The number of carbonyl (C=O) groups is 1. The van der Waals surface area contributed by atoms with E-state index in [-0.39, 0.29) is 0 Å². The fraction of sp³-hybridized carbons (Fsp3) is 0.350. The average molecular weight is 312 g/mol. The minimum atomic E-state index is -0.944. The highest BCUT2D eigenvalue weighted by molar-refractivity contribution is 5.73. The first-order valence-electron chi connectivity index (χ1n) is 8.12. The molecule has 0 spiro atoms. The number of hydrogen-bond acceptors (Lipinski definition) is 2. The Morgan fingerprint density at radius 3 is 2.22 bits per heavy atom. The molecule has 0 aliphatic rings. The zero-order valence-corrected chi connectivity index (χ0v) is 13.8. The third-order valence-corrected chi connectivity index (χ3v) is 3.84. The van der Waals surface area contributed by atoms with E-state index in [4.69, 9.17) is 4.74 Å². The molecular weight excluding hydrogens is 288 g/mol. The molecular formula is C20H24O3. The minimum absolute atomic E-state index is 0.358. The number of aryl methyl sites for hydroxylation is 2. The van der Waals surface area contributed by atoms with Crippen LogP contribution < -0.4 is 4.74 Å². The second-order valence-corrected chi connectivity index (χ2v) is 5.88. The molecule has 1 N–H and O–H groups in total. The second-order valence-electron chi connectivity index (χ2n) is 5.88. The Morgan fingerprint density at radius 2 is 1.65 bits per heavy atom. The largest absolute Gasteiger partial charge is 0.478 e. The highest BCUT2D eigenvalue weighted by atomic mass is 16.5. The summed E-state index contributed by atoms with van der Waals surface area (Å²) in [5.41, 5.74) is 3.39. The fourth-order valence-corrected chi connectivity index (χ4v) is 2.40. The van der Waals surface area contributed by atoms with Crippen molar-refractivity contribution in [2.75, 3.05) is 0 Å². The van der Waals surface area contributed by atoms with Crippen LogP contribution in [0.25, 0.3) is 0 Å². The lowest BCUT2D eigenvalue weighted by Gasteiger charge is -2.15. The topological polar surface area (TPSA) is 46.5 Å². The highest BCUT2D eigenvalue weighted by Gasteiger charge is 2.20. The van der Waals surface area contributed by atoms with Gasteiger partial charge in [0.25, 0.3) is 0 Å². The highest BCUT2D eigenvalue weighted by Crippen LogP contribution is 2.16. The predicted octanol–water partition coefficient (Wildman–Crippen LogP) is 4.41. The monoisotopic (exact) mass is 312 g/mol. The lowest BCUT2D eigenvalue weighted by atomic mass is 10.0. The van der Waals surface area contributed by atoms with Crippen LogP contribution in [0, 0.1) is 6.92 Å². The molecule has 2 aromatic carbocycles. The van der Waals surface area contributed by atoms with Crippen molar-refractivity contribution in [2.24, 2.45) is 0 Å². The van der Waals surface area contributed by atoms with Gasteiger partial charge in [-0.1, -0.05) is 55.3 Å². The third-order valence-electron chi connectivity index (χ3n) is 3.84. The van der Waals surface area contributed by atoms with Gasteiger partial charge in [-0.2, -0.15) is 0 Å². The summed E-state index contributed by atoms with van der Waals surface area (Å²) in [5.74, 6) is -0.358. The molecule has 0 bridgehead atoms. The molecule has 122 valence electrons. The number of hydrogen-bond donors (Lipinski definition) is 1. The Kier molecular flexibility index (Phi) is 6.21. The van der Waals surface area contributed by atoms with Gasteiger partial charge in [0.1, 0.15) is 5.75 Å². The molecule has 0 heterocycles. The summed E-state index contributed by atoms with van der Waals surface area (Å²) in [6.45, 7) is 4.16. The SMILES string of the molecule is CCCCc1ccc(CC(Oc2ccc(C)cc2)C(=O)O)cc1. The lowest BCUT2D eigenvalue weighted by Crippen LogP contribution is -2.29. The van der Waals surface area contributed by atoms with E-state index < -0.39 is 12.1 Å². The van der Waals surface area contributed by atoms with Gasteiger partial charge in [-0.3, -0.25) is 0 Å². The third kappa shape index (κ3) is 5.44. The minimum Gasteiger partial charge on any atom is -0.478 e. The Bertz CT molecular complexity index is 614. The zero-order valence-electron chi connectivity index (χ0n) is 13.8. The van der Waals surface area contributed by atoms with Crippen molar-refractivity contribution in [2.45, 2.75) is 45.6 Å². The van der Waals surface area contributed by atoms with E-state index in [1.165, 1.54) is 18.4 Å². The quantitative estimate of drug-likeness (QED) is 0.785. The molecule has 0 aliphatic heterocycles. The summed E-state index contributed by atoms with van der Waals surface area (Å²) < 4.78 is 5.63. The van der Waals surface area contributed by atoms with Crippen molar-refractivity contribution >= 4 is 5.97 Å². The van der Waals surface area contributed by atoms with Crippen molar-refractivity contribution in [1.29, 1.82) is 0 Å². The molecule has 0 saturated carbocycles. The number of benzene rings is 2. The molecule has 1 unspecified atom stereocenters. The smallest absolute Gasteiger partial charge is 0.345 e. The number of carboxylic acids is 1. The van der Waals surface area contributed by atoms with Crippen molar-refractivity contribution in [1.82, 2.24) is 0 Å². The number of ether oxygens (including phenoxy) is 1. The summed E-state index contributed by atoms with van der Waals surface area (Å²) in [4.78, 5) is 11.5. The van der Waals surface area contributed by atoms with Crippen LogP contribution >= 0.6 is 0 Å². The summed E-state index contributed by atoms with van der Waals surface area (Å²) in [5, 5.41) is 9.40. The van der Waals surface area contributed by atoms with Crippen LogP contribution in [0.5, 0.6) is 5.75 Å². The molecule has 0 amide bonds. The van der Waals surface area contributed by atoms with Crippen LogP contribution in [-0.4, -0.2) is 17.2 Å². The standard InChI is InChI=1S/C20H24O3/c1-3-4-5-16-8-10-17(11-9-16)14-19(20(21)22)23-18-12-6-15(2)7-13-18/h6-13,19H,3-5,14H2,1-2H3,(H,21,22). The maximum atomic E-state index is 11.5. The van der Waals surface area contributed by atoms with Crippen molar-refractivity contribution < 1.29 is 14.6 Å². The van der Waals surface area contributed by atoms with Gasteiger partial charge in [0.05, 0.1) is 0 Å².